The van der Waals surface area contributed by atoms with E-state index in [1.165, 1.54) is 0 Å². The van der Waals surface area contributed by atoms with Crippen LogP contribution < -0.4 is 5.32 Å². The van der Waals surface area contributed by atoms with Gasteiger partial charge < -0.3 is 30.5 Å². The minimum absolute atomic E-state index is 0.258. The van der Waals surface area contributed by atoms with Gasteiger partial charge in [0.1, 0.15) is 30.6 Å². The fourth-order valence-electron chi connectivity index (χ4n) is 1.80. The lowest BCUT2D eigenvalue weighted by Gasteiger charge is -2.26. The molecular weight excluding hydrogens is 278 g/mol. The van der Waals surface area contributed by atoms with E-state index in [1.807, 2.05) is 0 Å². The lowest BCUT2D eigenvalue weighted by molar-refractivity contribution is -0.119. The molecule has 1 amide bonds. The Labute approximate surface area is 121 Å². The van der Waals surface area contributed by atoms with Crippen molar-refractivity contribution in [3.63, 3.8) is 0 Å². The van der Waals surface area contributed by atoms with Gasteiger partial charge in [0.2, 0.25) is 0 Å². The predicted octanol–water partition coefficient (Wildman–Crippen LogP) is -1.63. The van der Waals surface area contributed by atoms with Gasteiger partial charge in [0, 0.05) is 5.56 Å². The summed E-state index contributed by atoms with van der Waals surface area (Å²) < 4.78 is 0. The van der Waals surface area contributed by atoms with E-state index in [-0.39, 0.29) is 6.29 Å². The van der Waals surface area contributed by atoms with Gasteiger partial charge in [-0.2, -0.15) is 0 Å². The highest BCUT2D eigenvalue weighted by Gasteiger charge is 2.32. The number of hydrogen-bond donors (Lipinski definition) is 5. The summed E-state index contributed by atoms with van der Waals surface area (Å²) in [6, 6.07) is 5.26. The number of amides is 1. The quantitative estimate of drug-likeness (QED) is 0.384. The van der Waals surface area contributed by atoms with Crippen molar-refractivity contribution < 1.29 is 30.0 Å². The highest BCUT2D eigenvalue weighted by atomic mass is 16.4. The molecule has 1 aromatic rings. The van der Waals surface area contributed by atoms with Crippen LogP contribution >= 0.6 is 0 Å². The van der Waals surface area contributed by atoms with E-state index < -0.39 is 36.9 Å². The molecule has 7 nitrogen and oxygen atoms in total. The minimum atomic E-state index is -1.76. The Morgan fingerprint density at radius 2 is 1.86 bits per heavy atom. The average Bonchev–Trinajstić information content (AvgIpc) is 2.50. The maximum Gasteiger partial charge on any atom is 0.252 e. The average molecular weight is 297 g/mol. The molecule has 0 aromatic heterocycles. The molecule has 0 spiro atoms. The van der Waals surface area contributed by atoms with Crippen LogP contribution in [0.3, 0.4) is 0 Å². The second kappa shape index (κ2) is 7.84. The van der Waals surface area contributed by atoms with Crippen molar-refractivity contribution in [3.8, 4) is 0 Å². The summed E-state index contributed by atoms with van der Waals surface area (Å²) in [6.45, 7) is 0.932. The van der Waals surface area contributed by atoms with E-state index >= 15 is 0 Å². The third kappa shape index (κ3) is 4.33. The normalized spacial score (nSPS) is 16.6. The van der Waals surface area contributed by atoms with Gasteiger partial charge in [0.15, 0.2) is 0 Å². The summed E-state index contributed by atoms with van der Waals surface area (Å²) in [6.07, 6.45) is -4.86. The van der Waals surface area contributed by atoms with E-state index in [2.05, 4.69) is 5.32 Å². The number of carbonyl (C=O) groups is 2. The number of rotatable bonds is 7. The fourth-order valence-corrected chi connectivity index (χ4v) is 1.80. The Kier molecular flexibility index (Phi) is 6.44. The largest absolute Gasteiger partial charge is 0.394 e. The number of aliphatic hydroxyl groups excluding tert-OH is 4. The predicted molar refractivity (Wildman–Crippen MR) is 73.6 cm³/mol. The van der Waals surface area contributed by atoms with Gasteiger partial charge in [-0.3, -0.25) is 4.79 Å². The molecule has 0 aliphatic rings. The van der Waals surface area contributed by atoms with E-state index in [9.17, 15) is 24.9 Å². The molecule has 116 valence electrons. The fraction of sp³-hybridized carbons (Fsp3) is 0.429. The van der Waals surface area contributed by atoms with Crippen molar-refractivity contribution in [1.82, 2.24) is 5.32 Å². The molecule has 0 saturated carbocycles. The molecule has 1 aromatic carbocycles. The van der Waals surface area contributed by atoms with Crippen LogP contribution in [0.1, 0.15) is 15.9 Å². The van der Waals surface area contributed by atoms with Crippen molar-refractivity contribution in [2.24, 2.45) is 0 Å². The van der Waals surface area contributed by atoms with E-state index in [0.717, 1.165) is 0 Å². The van der Waals surface area contributed by atoms with Gasteiger partial charge in [-0.25, -0.2) is 0 Å². The van der Waals surface area contributed by atoms with Gasteiger partial charge in [0.05, 0.1) is 6.61 Å². The van der Waals surface area contributed by atoms with Crippen molar-refractivity contribution in [2.45, 2.75) is 31.3 Å². The lowest BCUT2D eigenvalue weighted by atomic mass is 10.0. The first-order chi connectivity index (χ1) is 9.92. The van der Waals surface area contributed by atoms with Crippen molar-refractivity contribution in [2.75, 3.05) is 6.61 Å². The topological polar surface area (TPSA) is 127 Å². The number of benzene rings is 1. The van der Waals surface area contributed by atoms with E-state index in [0.29, 0.717) is 11.1 Å². The molecule has 0 fully saturated rings. The minimum Gasteiger partial charge on any atom is -0.394 e. The molecule has 5 N–H and O–H groups in total. The molecular formula is C14H19NO6. The van der Waals surface area contributed by atoms with Gasteiger partial charge >= 0.3 is 0 Å². The van der Waals surface area contributed by atoms with Gasteiger partial charge in [-0.15, -0.1) is 0 Å². The number of hydrogen-bond acceptors (Lipinski definition) is 6. The summed E-state index contributed by atoms with van der Waals surface area (Å²) in [7, 11) is 0. The standard InChI is InChI=1S/C14H19NO6/c1-8-4-2-3-5-9(8)14(21)15-10(6-16)12(19)13(20)11(18)7-17/h2-6,10-13,17-20H,7H2,1H3,(H,15,21). The number of nitrogens with one attached hydrogen (secondary N) is 1. The highest BCUT2D eigenvalue weighted by molar-refractivity contribution is 5.97. The Balaban J connectivity index is 2.80. The first-order valence-corrected chi connectivity index (χ1v) is 6.39. The molecule has 21 heavy (non-hydrogen) atoms. The second-order valence-corrected chi connectivity index (χ2v) is 4.68. The van der Waals surface area contributed by atoms with Crippen molar-refractivity contribution >= 4 is 12.2 Å². The molecule has 0 radical (unpaired) electrons. The summed E-state index contributed by atoms with van der Waals surface area (Å²) in [5.41, 5.74) is 1.01. The van der Waals surface area contributed by atoms with Gasteiger partial charge in [0.25, 0.3) is 5.91 Å². The number of carbonyl (C=O) groups excluding carboxylic acids is 2. The molecule has 0 aliphatic carbocycles. The van der Waals surface area contributed by atoms with Crippen LogP contribution in [-0.2, 0) is 4.79 Å². The number of aliphatic hydroxyl groups is 4. The zero-order chi connectivity index (χ0) is 16.0. The summed E-state index contributed by atoms with van der Waals surface area (Å²) in [5, 5.41) is 39.6. The van der Waals surface area contributed by atoms with Gasteiger partial charge in [-0.05, 0) is 18.6 Å². The summed E-state index contributed by atoms with van der Waals surface area (Å²) in [5.74, 6) is -0.588. The van der Waals surface area contributed by atoms with Crippen LogP contribution in [0.15, 0.2) is 24.3 Å². The number of aldehydes is 1. The number of aryl methyl sites for hydroxylation is 1. The zero-order valence-corrected chi connectivity index (χ0v) is 11.5. The molecule has 0 saturated heterocycles. The van der Waals surface area contributed by atoms with Crippen molar-refractivity contribution in [3.05, 3.63) is 35.4 Å². The smallest absolute Gasteiger partial charge is 0.252 e. The molecule has 0 bridgehead atoms. The molecule has 0 aliphatic heterocycles. The zero-order valence-electron chi connectivity index (χ0n) is 11.5. The van der Waals surface area contributed by atoms with Crippen LogP contribution in [0.4, 0.5) is 0 Å². The Bertz CT molecular complexity index is 492. The SMILES string of the molecule is Cc1ccccc1C(=O)NC(C=O)C(O)C(O)C(O)CO. The molecule has 4 atom stereocenters. The Morgan fingerprint density at radius 3 is 2.38 bits per heavy atom. The van der Waals surface area contributed by atoms with Gasteiger partial charge in [-0.1, -0.05) is 18.2 Å². The van der Waals surface area contributed by atoms with Crippen LogP contribution in [0, 0.1) is 6.92 Å². The van der Waals surface area contributed by atoms with Crippen LogP contribution in [0.25, 0.3) is 0 Å². The molecule has 7 heteroatoms. The summed E-state index contributed by atoms with van der Waals surface area (Å²) in [4.78, 5) is 23.0. The van der Waals surface area contributed by atoms with Crippen molar-refractivity contribution in [1.29, 1.82) is 0 Å². The third-order valence-electron chi connectivity index (χ3n) is 3.13. The first-order valence-electron chi connectivity index (χ1n) is 6.39. The Morgan fingerprint density at radius 1 is 1.24 bits per heavy atom. The Hall–Kier alpha value is -1.80. The van der Waals surface area contributed by atoms with Crippen LogP contribution in [0.5, 0.6) is 0 Å². The van der Waals surface area contributed by atoms with E-state index in [4.69, 9.17) is 5.11 Å². The van der Waals surface area contributed by atoms with E-state index in [1.54, 1.807) is 31.2 Å². The third-order valence-corrected chi connectivity index (χ3v) is 3.13. The van der Waals surface area contributed by atoms with Crippen LogP contribution in [-0.4, -0.2) is 63.6 Å². The highest BCUT2D eigenvalue weighted by Crippen LogP contribution is 2.09. The van der Waals surface area contributed by atoms with Crippen LogP contribution in [0.2, 0.25) is 0 Å². The second-order valence-electron chi connectivity index (χ2n) is 4.68. The first kappa shape index (κ1) is 17.3. The molecule has 1 rings (SSSR count). The lowest BCUT2D eigenvalue weighted by Crippen LogP contribution is -2.53. The summed E-state index contributed by atoms with van der Waals surface area (Å²) >= 11 is 0. The maximum absolute atomic E-state index is 12.0. The maximum atomic E-state index is 12.0. The molecule has 0 heterocycles. The molecule has 4 unspecified atom stereocenters. The monoisotopic (exact) mass is 297 g/mol.